The van der Waals surface area contributed by atoms with E-state index in [1.807, 2.05) is 12.1 Å². The molecule has 2 fully saturated rings. The van der Waals surface area contributed by atoms with E-state index in [0.29, 0.717) is 54.2 Å². The first-order chi connectivity index (χ1) is 16.5. The molecule has 10 heteroatoms. The van der Waals surface area contributed by atoms with Gasteiger partial charge in [0.15, 0.2) is 5.82 Å². The van der Waals surface area contributed by atoms with Crippen molar-refractivity contribution in [1.82, 2.24) is 25.1 Å². The molecule has 1 saturated carbocycles. The summed E-state index contributed by atoms with van der Waals surface area (Å²) < 4.78 is 5.98. The van der Waals surface area contributed by atoms with E-state index >= 15 is 0 Å². The van der Waals surface area contributed by atoms with E-state index < -0.39 is 0 Å². The highest BCUT2D eigenvalue weighted by atomic mass is 16.6. The first-order valence-electron chi connectivity index (χ1n) is 12.1. The number of nitrogens with one attached hydrogen (secondary N) is 3. The average molecular weight is 469 g/mol. The molecule has 0 unspecified atom stereocenters. The summed E-state index contributed by atoms with van der Waals surface area (Å²) >= 11 is 0. The fourth-order valence-electron chi connectivity index (χ4n) is 3.73. The molecule has 1 aliphatic heterocycles. The number of rotatable bonds is 13. The summed E-state index contributed by atoms with van der Waals surface area (Å²) in [6.45, 7) is 12.2. The molecule has 0 aromatic carbocycles. The highest BCUT2D eigenvalue weighted by molar-refractivity contribution is 5.55. The molecular formula is C24H36N8O2. The van der Waals surface area contributed by atoms with Crippen LogP contribution in [0, 0.1) is 5.92 Å². The van der Waals surface area contributed by atoms with Crippen LogP contribution in [0.4, 0.5) is 17.6 Å². The molecule has 1 saturated heterocycles. The van der Waals surface area contributed by atoms with Crippen molar-refractivity contribution < 1.29 is 9.57 Å². The average Bonchev–Trinajstić information content (AvgIpc) is 3.33. The number of hydrogen-bond donors (Lipinski definition) is 4. The summed E-state index contributed by atoms with van der Waals surface area (Å²) in [5.41, 5.74) is 2.08. The van der Waals surface area contributed by atoms with Gasteiger partial charge in [-0.2, -0.15) is 21.0 Å². The molecule has 2 aromatic rings. The number of likely N-dealkylation sites (tertiary alicyclic amines) is 1. The van der Waals surface area contributed by atoms with Crippen LogP contribution >= 0.6 is 0 Å². The van der Waals surface area contributed by atoms with Crippen molar-refractivity contribution >= 4 is 17.6 Å². The third kappa shape index (κ3) is 6.94. The van der Waals surface area contributed by atoms with E-state index in [-0.39, 0.29) is 0 Å². The maximum atomic E-state index is 5.98. The fourth-order valence-corrected chi connectivity index (χ4v) is 3.73. The lowest BCUT2D eigenvalue weighted by Crippen LogP contribution is -2.25. The molecule has 1 aliphatic carbocycles. The van der Waals surface area contributed by atoms with Crippen LogP contribution < -0.4 is 21.3 Å². The fraction of sp³-hybridized carbons (Fsp3) is 0.542. The maximum Gasteiger partial charge on any atom is 0.228 e. The SMILES string of the molecule is C=C(/C=C(/CNc1nc(Nc2cc(C3CC3)[nH]n2)cc(OCCN2CCCC2)n1)ON)C(C)C. The summed E-state index contributed by atoms with van der Waals surface area (Å²) in [6, 6.07) is 3.82. The number of aromatic nitrogens is 4. The number of hydrogen-bond acceptors (Lipinski definition) is 9. The van der Waals surface area contributed by atoms with Crippen LogP contribution in [0.25, 0.3) is 0 Å². The summed E-state index contributed by atoms with van der Waals surface area (Å²) in [5.74, 6) is 9.08. The zero-order chi connectivity index (χ0) is 23.9. The van der Waals surface area contributed by atoms with Gasteiger partial charge in [-0.25, -0.2) is 0 Å². The zero-order valence-electron chi connectivity index (χ0n) is 20.1. The Balaban J connectivity index is 1.44. The minimum absolute atomic E-state index is 0.291. The first-order valence-corrected chi connectivity index (χ1v) is 12.1. The minimum Gasteiger partial charge on any atom is -0.476 e. The van der Waals surface area contributed by atoms with Crippen molar-refractivity contribution in [3.05, 3.63) is 41.8 Å². The van der Waals surface area contributed by atoms with Gasteiger partial charge in [0.1, 0.15) is 18.2 Å². The van der Waals surface area contributed by atoms with Crippen LogP contribution in [0.3, 0.4) is 0 Å². The van der Waals surface area contributed by atoms with Gasteiger partial charge in [-0.1, -0.05) is 20.4 Å². The lowest BCUT2D eigenvalue weighted by atomic mass is 10.0. The van der Waals surface area contributed by atoms with Crippen LogP contribution in [0.1, 0.15) is 51.1 Å². The lowest BCUT2D eigenvalue weighted by molar-refractivity contribution is 0.219. The molecule has 5 N–H and O–H groups in total. The molecule has 4 rings (SSSR count). The molecule has 3 heterocycles. The van der Waals surface area contributed by atoms with Crippen molar-refractivity contribution in [1.29, 1.82) is 0 Å². The third-order valence-corrected chi connectivity index (χ3v) is 6.09. The van der Waals surface area contributed by atoms with Gasteiger partial charge in [-0.05, 0) is 56.3 Å². The van der Waals surface area contributed by atoms with Gasteiger partial charge in [0.25, 0.3) is 0 Å². The predicted octanol–water partition coefficient (Wildman–Crippen LogP) is 3.69. The van der Waals surface area contributed by atoms with Crippen LogP contribution in [0.2, 0.25) is 0 Å². The Morgan fingerprint density at radius 3 is 2.76 bits per heavy atom. The summed E-state index contributed by atoms with van der Waals surface area (Å²) in [7, 11) is 0. The van der Waals surface area contributed by atoms with E-state index in [9.17, 15) is 0 Å². The van der Waals surface area contributed by atoms with Gasteiger partial charge in [0.05, 0.1) is 6.54 Å². The number of ether oxygens (including phenoxy) is 1. The number of nitrogens with zero attached hydrogens (tertiary/aromatic N) is 4. The molecular weight excluding hydrogens is 432 g/mol. The molecule has 184 valence electrons. The Morgan fingerprint density at radius 1 is 1.26 bits per heavy atom. The molecule has 0 radical (unpaired) electrons. The number of nitrogens with two attached hydrogens (primary N) is 1. The smallest absolute Gasteiger partial charge is 0.228 e. The van der Waals surface area contributed by atoms with Crippen LogP contribution in [0.15, 0.2) is 36.1 Å². The van der Waals surface area contributed by atoms with Crippen LogP contribution in [0.5, 0.6) is 5.88 Å². The Bertz CT molecular complexity index is 993. The maximum absolute atomic E-state index is 5.98. The Morgan fingerprint density at radius 2 is 2.06 bits per heavy atom. The van der Waals surface area contributed by atoms with Crippen molar-refractivity contribution in [2.45, 2.75) is 45.4 Å². The Kier molecular flexibility index (Phi) is 8.02. The molecule has 34 heavy (non-hydrogen) atoms. The van der Waals surface area contributed by atoms with E-state index in [1.54, 1.807) is 6.07 Å². The normalized spacial score (nSPS) is 16.6. The molecule has 0 bridgehead atoms. The van der Waals surface area contributed by atoms with Gasteiger partial charge >= 0.3 is 0 Å². The second kappa shape index (κ2) is 11.3. The second-order valence-electron chi connectivity index (χ2n) is 9.23. The number of H-pyrrole nitrogens is 1. The molecule has 10 nitrogen and oxygen atoms in total. The highest BCUT2D eigenvalue weighted by Crippen LogP contribution is 2.39. The molecule has 0 atom stereocenters. The Labute approximate surface area is 201 Å². The Hall–Kier alpha value is -3.11. The molecule has 0 amide bonds. The van der Waals surface area contributed by atoms with Gasteiger partial charge in [0, 0.05) is 30.3 Å². The van der Waals surface area contributed by atoms with Gasteiger partial charge < -0.3 is 20.2 Å². The quantitative estimate of drug-likeness (QED) is 0.198. The summed E-state index contributed by atoms with van der Waals surface area (Å²) in [6.07, 6.45) is 6.76. The van der Waals surface area contributed by atoms with E-state index in [0.717, 1.165) is 30.9 Å². The number of allylic oxidation sites excluding steroid dienone is 2. The molecule has 2 aromatic heterocycles. The number of anilines is 3. The van der Waals surface area contributed by atoms with Crippen LogP contribution in [-0.2, 0) is 4.84 Å². The zero-order valence-corrected chi connectivity index (χ0v) is 20.1. The second-order valence-corrected chi connectivity index (χ2v) is 9.23. The standard InChI is InChI=1S/C24H36N8O2/c1-16(2)17(3)12-19(34-25)15-26-24-28-21(27-22-13-20(30-31-22)18-6-7-18)14-23(29-24)33-11-10-32-8-4-5-9-32/h12-14,16,18H,3-11,15,25H2,1-2H3,(H3,26,27,28,29,30,31)/b19-12-. The first kappa shape index (κ1) is 24.0. The highest BCUT2D eigenvalue weighted by Gasteiger charge is 2.25. The van der Waals surface area contributed by atoms with Crippen molar-refractivity contribution in [3.8, 4) is 5.88 Å². The van der Waals surface area contributed by atoms with Crippen molar-refractivity contribution in [3.63, 3.8) is 0 Å². The van der Waals surface area contributed by atoms with Gasteiger partial charge in [0.2, 0.25) is 11.8 Å². The monoisotopic (exact) mass is 468 g/mol. The summed E-state index contributed by atoms with van der Waals surface area (Å²) in [5, 5.41) is 13.9. The lowest BCUT2D eigenvalue weighted by Gasteiger charge is -2.15. The third-order valence-electron chi connectivity index (χ3n) is 6.09. The molecule has 0 spiro atoms. The van der Waals surface area contributed by atoms with Gasteiger partial charge in [-0.15, -0.1) is 0 Å². The topological polar surface area (TPSA) is 126 Å². The summed E-state index contributed by atoms with van der Waals surface area (Å²) in [4.78, 5) is 16.5. The van der Waals surface area contributed by atoms with E-state index in [2.05, 4.69) is 56.1 Å². The number of aromatic amines is 1. The van der Waals surface area contributed by atoms with Crippen molar-refractivity contribution in [2.24, 2.45) is 11.8 Å². The predicted molar refractivity (Wildman–Crippen MR) is 133 cm³/mol. The minimum atomic E-state index is 0.291. The van der Waals surface area contributed by atoms with Gasteiger partial charge in [-0.3, -0.25) is 10.00 Å². The van der Waals surface area contributed by atoms with E-state index in [1.165, 1.54) is 25.7 Å². The van der Waals surface area contributed by atoms with Crippen LogP contribution in [-0.4, -0.2) is 57.9 Å². The van der Waals surface area contributed by atoms with Crippen molar-refractivity contribution in [2.75, 3.05) is 43.4 Å². The van der Waals surface area contributed by atoms with E-state index in [4.69, 9.17) is 15.5 Å². The molecule has 2 aliphatic rings. The largest absolute Gasteiger partial charge is 0.476 e.